The van der Waals surface area contributed by atoms with Crippen LogP contribution in [0.2, 0.25) is 10.2 Å². The predicted octanol–water partition coefficient (Wildman–Crippen LogP) is 2.98. The van der Waals surface area contributed by atoms with Gasteiger partial charge in [0.05, 0.1) is 10.7 Å². The summed E-state index contributed by atoms with van der Waals surface area (Å²) in [5.74, 6) is 0. The average Bonchev–Trinajstić information content (AvgIpc) is 2.29. The number of halogens is 2. The van der Waals surface area contributed by atoms with E-state index in [9.17, 15) is 0 Å². The van der Waals surface area contributed by atoms with E-state index in [2.05, 4.69) is 9.88 Å². The van der Waals surface area contributed by atoms with Crippen LogP contribution in [0.5, 0.6) is 0 Å². The van der Waals surface area contributed by atoms with Crippen molar-refractivity contribution >= 4 is 23.2 Å². The second-order valence-electron chi connectivity index (χ2n) is 4.08. The molecule has 3 nitrogen and oxygen atoms in total. The summed E-state index contributed by atoms with van der Waals surface area (Å²) in [6, 6.07) is 3.46. The summed E-state index contributed by atoms with van der Waals surface area (Å²) >= 11 is 11.9. The van der Waals surface area contributed by atoms with Crippen LogP contribution >= 0.6 is 23.2 Å². The highest BCUT2D eigenvalue weighted by Gasteiger charge is 2.06. The van der Waals surface area contributed by atoms with Gasteiger partial charge in [0.1, 0.15) is 5.15 Å². The van der Waals surface area contributed by atoms with E-state index in [1.165, 1.54) is 0 Å². The van der Waals surface area contributed by atoms with Gasteiger partial charge in [0.25, 0.3) is 0 Å². The maximum atomic E-state index is 8.68. The molecule has 0 aromatic carbocycles. The number of nitrogens with zero attached hydrogens (tertiary/aromatic N) is 2. The molecule has 0 saturated carbocycles. The molecule has 1 aromatic heterocycles. The van der Waals surface area contributed by atoms with Crippen molar-refractivity contribution < 1.29 is 5.11 Å². The lowest BCUT2D eigenvalue weighted by molar-refractivity contribution is 0.270. The van der Waals surface area contributed by atoms with Crippen LogP contribution in [0.25, 0.3) is 0 Å². The molecule has 0 bridgehead atoms. The number of aromatic nitrogens is 1. The van der Waals surface area contributed by atoms with Crippen LogP contribution in [0.15, 0.2) is 12.1 Å². The van der Waals surface area contributed by atoms with Gasteiger partial charge in [0.2, 0.25) is 0 Å². The lowest BCUT2D eigenvalue weighted by Gasteiger charge is -2.16. The van der Waals surface area contributed by atoms with E-state index in [0.717, 1.165) is 31.5 Å². The van der Waals surface area contributed by atoms with E-state index in [0.29, 0.717) is 16.7 Å². The number of pyridine rings is 1. The highest BCUT2D eigenvalue weighted by molar-refractivity contribution is 6.32. The molecule has 0 aliphatic rings. The number of hydrogen-bond acceptors (Lipinski definition) is 3. The van der Waals surface area contributed by atoms with Gasteiger partial charge in [-0.3, -0.25) is 0 Å². The van der Waals surface area contributed by atoms with E-state index >= 15 is 0 Å². The third-order valence-corrected chi connectivity index (χ3v) is 3.06. The third-order valence-electron chi connectivity index (χ3n) is 2.50. The van der Waals surface area contributed by atoms with Gasteiger partial charge in [-0.2, -0.15) is 0 Å². The maximum absolute atomic E-state index is 8.68. The molecule has 0 aliphatic carbocycles. The van der Waals surface area contributed by atoms with Crippen LogP contribution in [-0.4, -0.2) is 35.2 Å². The van der Waals surface area contributed by atoms with Gasteiger partial charge in [-0.25, -0.2) is 4.98 Å². The highest BCUT2D eigenvalue weighted by Crippen LogP contribution is 2.18. The van der Waals surface area contributed by atoms with E-state index < -0.39 is 0 Å². The van der Waals surface area contributed by atoms with Crippen molar-refractivity contribution in [1.29, 1.82) is 0 Å². The Kier molecular flexibility index (Phi) is 6.82. The summed E-state index contributed by atoms with van der Waals surface area (Å²) in [5.41, 5.74) is 0.809. The van der Waals surface area contributed by atoms with Crippen molar-refractivity contribution in [3.63, 3.8) is 0 Å². The molecule has 0 fully saturated rings. The minimum atomic E-state index is 0.269. The molecule has 1 rings (SSSR count). The van der Waals surface area contributed by atoms with E-state index in [1.807, 2.05) is 7.05 Å². The normalized spacial score (nSPS) is 11.1. The Balaban J connectivity index is 2.39. The van der Waals surface area contributed by atoms with Crippen molar-refractivity contribution in [3.05, 3.63) is 28.0 Å². The molecule has 0 unspecified atom stereocenters. The Labute approximate surface area is 112 Å². The SMILES string of the molecule is CN(CCCCCO)Cc1nc(Cl)ccc1Cl. The Morgan fingerprint density at radius 2 is 2.00 bits per heavy atom. The first-order valence-corrected chi connectivity index (χ1v) is 6.49. The van der Waals surface area contributed by atoms with Crippen LogP contribution in [-0.2, 0) is 6.54 Å². The van der Waals surface area contributed by atoms with Crippen molar-refractivity contribution in [1.82, 2.24) is 9.88 Å². The van der Waals surface area contributed by atoms with Crippen molar-refractivity contribution in [2.75, 3.05) is 20.2 Å². The largest absolute Gasteiger partial charge is 0.396 e. The molecule has 1 N–H and O–H groups in total. The van der Waals surface area contributed by atoms with Gasteiger partial charge >= 0.3 is 0 Å². The quantitative estimate of drug-likeness (QED) is 0.615. The summed E-state index contributed by atoms with van der Waals surface area (Å²) in [6.45, 7) is 1.93. The Morgan fingerprint density at radius 1 is 1.24 bits per heavy atom. The minimum absolute atomic E-state index is 0.269. The average molecular weight is 277 g/mol. The zero-order valence-corrected chi connectivity index (χ0v) is 11.5. The van der Waals surface area contributed by atoms with Gasteiger partial charge in [-0.05, 0) is 45.0 Å². The fourth-order valence-electron chi connectivity index (χ4n) is 1.57. The summed E-state index contributed by atoms with van der Waals surface area (Å²) < 4.78 is 0. The number of hydrogen-bond donors (Lipinski definition) is 1. The van der Waals surface area contributed by atoms with E-state index in [1.54, 1.807) is 12.1 Å². The number of rotatable bonds is 7. The third kappa shape index (κ3) is 5.68. The second kappa shape index (κ2) is 7.88. The van der Waals surface area contributed by atoms with Crippen LogP contribution in [0.1, 0.15) is 25.0 Å². The zero-order valence-electron chi connectivity index (χ0n) is 9.99. The second-order valence-corrected chi connectivity index (χ2v) is 4.88. The minimum Gasteiger partial charge on any atom is -0.396 e. The van der Waals surface area contributed by atoms with Crippen molar-refractivity contribution in [3.8, 4) is 0 Å². The van der Waals surface area contributed by atoms with Gasteiger partial charge in [-0.15, -0.1) is 0 Å². The molecule has 0 saturated heterocycles. The molecule has 0 atom stereocenters. The summed E-state index contributed by atoms with van der Waals surface area (Å²) in [5, 5.41) is 9.80. The Hall–Kier alpha value is -0.350. The summed E-state index contributed by atoms with van der Waals surface area (Å²) in [7, 11) is 2.03. The molecule has 0 spiro atoms. The fraction of sp³-hybridized carbons (Fsp3) is 0.583. The summed E-state index contributed by atoms with van der Waals surface area (Å²) in [6.07, 6.45) is 2.97. The highest BCUT2D eigenvalue weighted by atomic mass is 35.5. The van der Waals surface area contributed by atoms with Gasteiger partial charge in [-0.1, -0.05) is 23.2 Å². The van der Waals surface area contributed by atoms with Gasteiger partial charge < -0.3 is 10.0 Å². The zero-order chi connectivity index (χ0) is 12.7. The molecule has 5 heteroatoms. The monoisotopic (exact) mass is 276 g/mol. The van der Waals surface area contributed by atoms with Gasteiger partial charge in [0, 0.05) is 13.2 Å². The predicted molar refractivity (Wildman–Crippen MR) is 71.5 cm³/mol. The van der Waals surface area contributed by atoms with Gasteiger partial charge in [0.15, 0.2) is 0 Å². The molecule has 96 valence electrons. The molecular formula is C12H18Cl2N2O. The molecule has 0 radical (unpaired) electrons. The lowest BCUT2D eigenvalue weighted by atomic mass is 10.2. The van der Waals surface area contributed by atoms with Crippen molar-refractivity contribution in [2.45, 2.75) is 25.8 Å². The topological polar surface area (TPSA) is 36.4 Å². The lowest BCUT2D eigenvalue weighted by Crippen LogP contribution is -2.20. The number of aliphatic hydroxyl groups is 1. The van der Waals surface area contributed by atoms with Crippen LogP contribution in [0, 0.1) is 0 Å². The first-order chi connectivity index (χ1) is 8.13. The summed E-state index contributed by atoms with van der Waals surface area (Å²) in [4.78, 5) is 6.36. The Morgan fingerprint density at radius 3 is 2.71 bits per heavy atom. The molecule has 17 heavy (non-hydrogen) atoms. The fourth-order valence-corrected chi connectivity index (χ4v) is 1.90. The smallest absolute Gasteiger partial charge is 0.129 e. The van der Waals surface area contributed by atoms with E-state index in [-0.39, 0.29) is 6.61 Å². The van der Waals surface area contributed by atoms with Crippen LogP contribution < -0.4 is 0 Å². The van der Waals surface area contributed by atoms with E-state index in [4.69, 9.17) is 28.3 Å². The Bertz CT molecular complexity index is 347. The first kappa shape index (κ1) is 14.7. The molecule has 0 aliphatic heterocycles. The number of unbranched alkanes of at least 4 members (excludes halogenated alkanes) is 2. The molecule has 1 heterocycles. The van der Waals surface area contributed by atoms with Crippen LogP contribution in [0.4, 0.5) is 0 Å². The number of aliphatic hydroxyl groups excluding tert-OH is 1. The first-order valence-electron chi connectivity index (χ1n) is 5.74. The molecule has 0 amide bonds. The maximum Gasteiger partial charge on any atom is 0.129 e. The van der Waals surface area contributed by atoms with Crippen LogP contribution in [0.3, 0.4) is 0 Å². The molecular weight excluding hydrogens is 259 g/mol. The standard InChI is InChI=1S/C12H18Cl2N2O/c1-16(7-3-2-4-8-17)9-11-10(13)5-6-12(14)15-11/h5-6,17H,2-4,7-9H2,1H3. The molecule has 1 aromatic rings. The van der Waals surface area contributed by atoms with Crippen molar-refractivity contribution in [2.24, 2.45) is 0 Å².